The molecule has 6 heteroatoms. The summed E-state index contributed by atoms with van der Waals surface area (Å²) < 4.78 is 7.20. The number of methoxy groups -OCH3 is 1. The van der Waals surface area contributed by atoms with Crippen molar-refractivity contribution >= 4 is 17.3 Å². The standard InChI is InChI=1S/C12H18N4OS/c1-9(8-17-3)15-12-14-4-6-16(12)10(2)11-13-5-7-18-11/h4-7,9-10H,8H2,1-3H3,(H,14,15). The van der Waals surface area contributed by atoms with Crippen LogP contribution in [0.2, 0.25) is 0 Å². The molecule has 0 aliphatic heterocycles. The molecule has 0 aliphatic rings. The molecule has 0 bridgehead atoms. The number of thiazole rings is 1. The molecule has 0 spiro atoms. The molecule has 0 amide bonds. The fourth-order valence-corrected chi connectivity index (χ4v) is 2.50. The van der Waals surface area contributed by atoms with E-state index in [4.69, 9.17) is 4.74 Å². The number of imidazole rings is 1. The number of aromatic nitrogens is 3. The van der Waals surface area contributed by atoms with Crippen LogP contribution >= 0.6 is 11.3 Å². The largest absolute Gasteiger partial charge is 0.383 e. The molecule has 2 unspecified atom stereocenters. The zero-order valence-corrected chi connectivity index (χ0v) is 11.6. The maximum Gasteiger partial charge on any atom is 0.203 e. The smallest absolute Gasteiger partial charge is 0.203 e. The Bertz CT molecular complexity index is 468. The zero-order chi connectivity index (χ0) is 13.0. The van der Waals surface area contributed by atoms with Crippen molar-refractivity contribution in [2.45, 2.75) is 25.9 Å². The summed E-state index contributed by atoms with van der Waals surface area (Å²) in [5.74, 6) is 0.849. The predicted octanol–water partition coefficient (Wildman–Crippen LogP) is 2.40. The molecule has 2 atom stereocenters. The van der Waals surface area contributed by atoms with E-state index < -0.39 is 0 Å². The van der Waals surface area contributed by atoms with Crippen LogP contribution in [0, 0.1) is 0 Å². The summed E-state index contributed by atoms with van der Waals surface area (Å²) in [7, 11) is 1.70. The van der Waals surface area contributed by atoms with E-state index in [9.17, 15) is 0 Å². The average Bonchev–Trinajstić information content (AvgIpc) is 2.98. The van der Waals surface area contributed by atoms with Gasteiger partial charge >= 0.3 is 0 Å². The topological polar surface area (TPSA) is 52.0 Å². The molecule has 2 heterocycles. The van der Waals surface area contributed by atoms with E-state index >= 15 is 0 Å². The van der Waals surface area contributed by atoms with E-state index in [2.05, 4.69) is 33.7 Å². The van der Waals surface area contributed by atoms with Crippen LogP contribution in [-0.4, -0.2) is 34.3 Å². The number of hydrogen-bond acceptors (Lipinski definition) is 5. The number of rotatable bonds is 6. The summed E-state index contributed by atoms with van der Waals surface area (Å²) in [6.45, 7) is 4.84. The maximum atomic E-state index is 5.12. The van der Waals surface area contributed by atoms with Crippen molar-refractivity contribution in [3.63, 3.8) is 0 Å². The number of ether oxygens (including phenoxy) is 1. The first-order chi connectivity index (χ1) is 8.72. The second kappa shape index (κ2) is 5.97. The van der Waals surface area contributed by atoms with Gasteiger partial charge in [-0.15, -0.1) is 11.3 Å². The molecule has 18 heavy (non-hydrogen) atoms. The van der Waals surface area contributed by atoms with Crippen molar-refractivity contribution in [3.05, 3.63) is 29.0 Å². The minimum absolute atomic E-state index is 0.185. The number of nitrogens with zero attached hydrogens (tertiary/aromatic N) is 3. The fraction of sp³-hybridized carbons (Fsp3) is 0.500. The van der Waals surface area contributed by atoms with Crippen LogP contribution < -0.4 is 5.32 Å². The molecular weight excluding hydrogens is 248 g/mol. The molecule has 0 fully saturated rings. The molecular formula is C12H18N4OS. The summed E-state index contributed by atoms with van der Waals surface area (Å²) >= 11 is 1.65. The van der Waals surface area contributed by atoms with Crippen LogP contribution in [0.5, 0.6) is 0 Å². The monoisotopic (exact) mass is 266 g/mol. The highest BCUT2D eigenvalue weighted by molar-refractivity contribution is 7.09. The molecule has 1 N–H and O–H groups in total. The van der Waals surface area contributed by atoms with Gasteiger partial charge in [0, 0.05) is 37.1 Å². The Morgan fingerprint density at radius 1 is 1.39 bits per heavy atom. The van der Waals surface area contributed by atoms with Crippen molar-refractivity contribution < 1.29 is 4.74 Å². The van der Waals surface area contributed by atoms with Gasteiger partial charge in [-0.05, 0) is 13.8 Å². The fourth-order valence-electron chi connectivity index (χ4n) is 1.81. The molecule has 0 saturated heterocycles. The van der Waals surface area contributed by atoms with Crippen molar-refractivity contribution in [2.75, 3.05) is 19.0 Å². The van der Waals surface area contributed by atoms with Gasteiger partial charge < -0.3 is 14.6 Å². The van der Waals surface area contributed by atoms with Gasteiger partial charge in [-0.1, -0.05) is 0 Å². The second-order valence-electron chi connectivity index (χ2n) is 4.21. The lowest BCUT2D eigenvalue weighted by atomic mass is 10.3. The zero-order valence-electron chi connectivity index (χ0n) is 10.8. The van der Waals surface area contributed by atoms with Crippen molar-refractivity contribution in [1.82, 2.24) is 14.5 Å². The van der Waals surface area contributed by atoms with Gasteiger partial charge in [-0.25, -0.2) is 9.97 Å². The van der Waals surface area contributed by atoms with Crippen LogP contribution in [0.4, 0.5) is 5.95 Å². The summed E-state index contributed by atoms with van der Waals surface area (Å²) in [5.41, 5.74) is 0. The number of nitrogens with one attached hydrogen (secondary N) is 1. The highest BCUT2D eigenvalue weighted by Gasteiger charge is 2.15. The predicted molar refractivity (Wildman–Crippen MR) is 73.1 cm³/mol. The van der Waals surface area contributed by atoms with Gasteiger partial charge in [0.2, 0.25) is 5.95 Å². The molecule has 2 rings (SSSR count). The molecule has 2 aromatic rings. The molecule has 0 aliphatic carbocycles. The third-order valence-electron chi connectivity index (χ3n) is 2.69. The van der Waals surface area contributed by atoms with Crippen LogP contribution in [0.25, 0.3) is 0 Å². The summed E-state index contributed by atoms with van der Waals surface area (Å²) in [4.78, 5) is 8.69. The van der Waals surface area contributed by atoms with Gasteiger partial charge in [0.15, 0.2) is 0 Å². The van der Waals surface area contributed by atoms with E-state index in [1.165, 1.54) is 0 Å². The Labute approximate surface area is 111 Å². The molecule has 2 aromatic heterocycles. The normalized spacial score (nSPS) is 14.4. The highest BCUT2D eigenvalue weighted by Crippen LogP contribution is 2.23. The van der Waals surface area contributed by atoms with Crippen molar-refractivity contribution in [1.29, 1.82) is 0 Å². The minimum atomic E-state index is 0.185. The van der Waals surface area contributed by atoms with Crippen LogP contribution in [0.1, 0.15) is 24.9 Å². The Morgan fingerprint density at radius 2 is 2.22 bits per heavy atom. The lowest BCUT2D eigenvalue weighted by molar-refractivity contribution is 0.190. The minimum Gasteiger partial charge on any atom is -0.383 e. The molecule has 0 saturated carbocycles. The first-order valence-corrected chi connectivity index (χ1v) is 6.78. The lowest BCUT2D eigenvalue weighted by Crippen LogP contribution is -2.24. The van der Waals surface area contributed by atoms with E-state index in [1.54, 1.807) is 24.6 Å². The third-order valence-corrected chi connectivity index (χ3v) is 3.63. The summed E-state index contributed by atoms with van der Waals surface area (Å²) in [6, 6.07) is 0.407. The first kappa shape index (κ1) is 13.0. The Morgan fingerprint density at radius 3 is 2.89 bits per heavy atom. The molecule has 98 valence electrons. The van der Waals surface area contributed by atoms with Crippen LogP contribution in [0.3, 0.4) is 0 Å². The number of anilines is 1. The van der Waals surface area contributed by atoms with Crippen LogP contribution in [-0.2, 0) is 4.74 Å². The van der Waals surface area contributed by atoms with Gasteiger partial charge in [0.05, 0.1) is 12.6 Å². The Balaban J connectivity index is 2.12. The van der Waals surface area contributed by atoms with Gasteiger partial charge in [0.1, 0.15) is 5.01 Å². The lowest BCUT2D eigenvalue weighted by Gasteiger charge is -2.18. The van der Waals surface area contributed by atoms with Crippen LogP contribution in [0.15, 0.2) is 24.0 Å². The van der Waals surface area contributed by atoms with Gasteiger partial charge in [0.25, 0.3) is 0 Å². The third kappa shape index (κ3) is 2.88. The van der Waals surface area contributed by atoms with Gasteiger partial charge in [-0.2, -0.15) is 0 Å². The van der Waals surface area contributed by atoms with Gasteiger partial charge in [-0.3, -0.25) is 0 Å². The average molecular weight is 266 g/mol. The van der Waals surface area contributed by atoms with E-state index in [0.29, 0.717) is 6.61 Å². The second-order valence-corrected chi connectivity index (χ2v) is 5.13. The Kier molecular flexibility index (Phi) is 4.33. The SMILES string of the molecule is COCC(C)Nc1nccn1C(C)c1nccs1. The quantitative estimate of drug-likeness (QED) is 0.872. The van der Waals surface area contributed by atoms with E-state index in [1.807, 2.05) is 17.8 Å². The molecule has 0 radical (unpaired) electrons. The Hall–Kier alpha value is -1.40. The first-order valence-electron chi connectivity index (χ1n) is 5.90. The molecule has 5 nitrogen and oxygen atoms in total. The number of hydrogen-bond donors (Lipinski definition) is 1. The van der Waals surface area contributed by atoms with E-state index in [-0.39, 0.29) is 12.1 Å². The highest BCUT2D eigenvalue weighted by atomic mass is 32.1. The van der Waals surface area contributed by atoms with Crippen molar-refractivity contribution in [3.8, 4) is 0 Å². The summed E-state index contributed by atoms with van der Waals surface area (Å²) in [6.07, 6.45) is 5.59. The summed E-state index contributed by atoms with van der Waals surface area (Å²) in [5, 5.41) is 6.41. The maximum absolute atomic E-state index is 5.12. The van der Waals surface area contributed by atoms with E-state index in [0.717, 1.165) is 11.0 Å². The molecule has 0 aromatic carbocycles. The van der Waals surface area contributed by atoms with Crippen molar-refractivity contribution in [2.24, 2.45) is 0 Å².